The third kappa shape index (κ3) is 4.17. The van der Waals surface area contributed by atoms with Crippen LogP contribution in [0.25, 0.3) is 0 Å². The third-order valence-electron chi connectivity index (χ3n) is 4.82. The first kappa shape index (κ1) is 20.0. The van der Waals surface area contributed by atoms with Crippen LogP contribution in [-0.4, -0.2) is 9.32 Å². The number of aromatic nitrogens is 2. The number of benzene rings is 3. The van der Waals surface area contributed by atoms with Crippen LogP contribution in [0.1, 0.15) is 16.7 Å². The monoisotopic (exact) mass is 420 g/mol. The van der Waals surface area contributed by atoms with E-state index in [9.17, 15) is 0 Å². The zero-order chi connectivity index (χ0) is 21.0. The van der Waals surface area contributed by atoms with Crippen molar-refractivity contribution in [3.05, 3.63) is 108 Å². The van der Waals surface area contributed by atoms with E-state index in [2.05, 4.69) is 4.98 Å². The quantitative estimate of drug-likeness (QED) is 0.329. The fourth-order valence-corrected chi connectivity index (χ4v) is 5.49. The summed E-state index contributed by atoms with van der Waals surface area (Å²) in [4.78, 5) is 4.24. The minimum absolute atomic E-state index is 0.708. The molecule has 30 heavy (non-hydrogen) atoms. The molecule has 0 aliphatic rings. The first-order valence-corrected chi connectivity index (χ1v) is 11.5. The first-order valence-electron chi connectivity index (χ1n) is 9.80. The first-order chi connectivity index (χ1) is 14.6. The second-order valence-electron chi connectivity index (χ2n) is 7.10. The van der Waals surface area contributed by atoms with Gasteiger partial charge in [0.05, 0.1) is 0 Å². The van der Waals surface area contributed by atoms with Gasteiger partial charge in [-0.1, -0.05) is 0 Å². The Morgan fingerprint density at radius 3 is 1.37 bits per heavy atom. The Bertz CT molecular complexity index is 1010. The van der Waals surface area contributed by atoms with Crippen LogP contribution in [0.3, 0.4) is 0 Å². The van der Waals surface area contributed by atoms with E-state index in [4.69, 9.17) is 13.6 Å². The van der Waals surface area contributed by atoms with Crippen LogP contribution in [-0.2, 0) is 0 Å². The van der Waals surface area contributed by atoms with E-state index < -0.39 is 8.09 Å². The van der Waals surface area contributed by atoms with Crippen molar-refractivity contribution < 1.29 is 13.6 Å². The molecule has 0 saturated carbocycles. The van der Waals surface area contributed by atoms with Gasteiger partial charge in [-0.25, -0.2) is 0 Å². The molecule has 0 radical (unpaired) electrons. The summed E-state index contributed by atoms with van der Waals surface area (Å²) >= 11 is 0. The summed E-state index contributed by atoms with van der Waals surface area (Å²) in [5, 5.41) is 0. The molecule has 5 nitrogen and oxygen atoms in total. The van der Waals surface area contributed by atoms with Crippen molar-refractivity contribution in [1.82, 2.24) is 9.32 Å². The number of nitrogens with zero attached hydrogens (tertiary/aromatic N) is 2. The Kier molecular flexibility index (Phi) is 5.73. The molecular weight excluding hydrogens is 395 g/mol. The van der Waals surface area contributed by atoms with Crippen LogP contribution in [0.4, 0.5) is 0 Å². The molecule has 0 saturated heterocycles. The van der Waals surface area contributed by atoms with Gasteiger partial charge in [-0.05, 0) is 0 Å². The van der Waals surface area contributed by atoms with Crippen molar-refractivity contribution in [2.24, 2.45) is 0 Å². The molecular formula is C24H25N2O3P. The summed E-state index contributed by atoms with van der Waals surface area (Å²) in [6.45, 7) is 6.01. The van der Waals surface area contributed by atoms with Gasteiger partial charge in [0.1, 0.15) is 0 Å². The molecule has 4 rings (SSSR count). The van der Waals surface area contributed by atoms with Crippen LogP contribution >= 0.6 is 8.09 Å². The van der Waals surface area contributed by atoms with Crippen LogP contribution < -0.4 is 13.6 Å². The van der Waals surface area contributed by atoms with E-state index in [1.54, 1.807) is 12.5 Å². The number of hydrogen-bond donors (Lipinski definition) is 0. The number of hydrogen-bond acceptors (Lipinski definition) is 4. The Labute approximate surface area is 177 Å². The van der Waals surface area contributed by atoms with E-state index in [0.29, 0.717) is 17.2 Å². The number of imidazole rings is 1. The molecule has 1 aromatic heterocycles. The standard InChI is InChI=1S/C24H25N2O3P/c1-19-10-4-7-13-22(19)27-30(26-17-16-25-18-26,28-23-14-8-5-11-20(23)2)29-24-15-9-6-12-21(24)3/h4-18,30H,1-3H3. The molecule has 6 heteroatoms. The summed E-state index contributed by atoms with van der Waals surface area (Å²) in [5.41, 5.74) is 2.99. The van der Waals surface area contributed by atoms with E-state index in [1.165, 1.54) is 0 Å². The van der Waals surface area contributed by atoms with Gasteiger partial charge in [-0.15, -0.1) is 0 Å². The third-order valence-corrected chi connectivity index (χ3v) is 7.15. The molecule has 4 aromatic rings. The molecule has 0 amide bonds. The van der Waals surface area contributed by atoms with Crippen molar-refractivity contribution in [3.8, 4) is 17.2 Å². The van der Waals surface area contributed by atoms with Gasteiger partial charge in [-0.2, -0.15) is 0 Å². The average molecular weight is 420 g/mol. The fraction of sp³-hybridized carbons (Fsp3) is 0.125. The van der Waals surface area contributed by atoms with E-state index in [1.807, 2.05) is 104 Å². The Morgan fingerprint density at radius 2 is 1.03 bits per heavy atom. The van der Waals surface area contributed by atoms with Gasteiger partial charge in [-0.3, -0.25) is 0 Å². The van der Waals surface area contributed by atoms with E-state index in [0.717, 1.165) is 16.7 Å². The normalized spacial score (nSPS) is 11.7. The fourth-order valence-electron chi connectivity index (χ4n) is 3.07. The predicted octanol–water partition coefficient (Wildman–Crippen LogP) is 6.30. The second-order valence-corrected chi connectivity index (χ2v) is 9.27. The number of para-hydroxylation sites is 3. The molecule has 0 unspecified atom stereocenters. The van der Waals surface area contributed by atoms with Gasteiger partial charge in [0.15, 0.2) is 0 Å². The maximum atomic E-state index is 6.61. The van der Waals surface area contributed by atoms with Crippen LogP contribution in [0.2, 0.25) is 0 Å². The second kappa shape index (κ2) is 8.60. The molecule has 0 aliphatic carbocycles. The molecule has 0 atom stereocenters. The summed E-state index contributed by atoms with van der Waals surface area (Å²) in [6.07, 6.45) is 5.20. The summed E-state index contributed by atoms with van der Waals surface area (Å²) in [6, 6.07) is 23.6. The summed E-state index contributed by atoms with van der Waals surface area (Å²) < 4.78 is 21.7. The Morgan fingerprint density at radius 1 is 0.633 bits per heavy atom. The Balaban J connectivity index is 1.87. The zero-order valence-corrected chi connectivity index (χ0v) is 18.3. The van der Waals surface area contributed by atoms with Crippen molar-refractivity contribution in [2.45, 2.75) is 20.8 Å². The number of aryl methyl sites for hydroxylation is 3. The van der Waals surface area contributed by atoms with Crippen molar-refractivity contribution in [3.63, 3.8) is 0 Å². The van der Waals surface area contributed by atoms with Gasteiger partial charge in [0, 0.05) is 0 Å². The van der Waals surface area contributed by atoms with Crippen LogP contribution in [0, 0.1) is 20.8 Å². The molecule has 0 aliphatic heterocycles. The van der Waals surface area contributed by atoms with E-state index >= 15 is 0 Å². The molecule has 0 fully saturated rings. The molecule has 154 valence electrons. The zero-order valence-electron chi connectivity index (χ0n) is 17.3. The molecule has 0 bridgehead atoms. The van der Waals surface area contributed by atoms with Crippen molar-refractivity contribution in [2.75, 3.05) is 0 Å². The topological polar surface area (TPSA) is 45.5 Å². The van der Waals surface area contributed by atoms with Crippen molar-refractivity contribution in [1.29, 1.82) is 0 Å². The van der Waals surface area contributed by atoms with Crippen LogP contribution in [0.5, 0.6) is 17.2 Å². The average Bonchev–Trinajstić information content (AvgIpc) is 3.29. The SMILES string of the molecule is Cc1ccccc1O[PH](Oc1ccccc1C)(Oc1ccccc1C)n1ccnc1. The molecule has 0 N–H and O–H groups in total. The maximum absolute atomic E-state index is 6.61. The van der Waals surface area contributed by atoms with Crippen LogP contribution in [0.15, 0.2) is 91.5 Å². The molecule has 1 heterocycles. The molecule has 0 spiro atoms. The predicted molar refractivity (Wildman–Crippen MR) is 121 cm³/mol. The van der Waals surface area contributed by atoms with Gasteiger partial charge in [0.2, 0.25) is 0 Å². The van der Waals surface area contributed by atoms with Crippen molar-refractivity contribution >= 4 is 8.09 Å². The van der Waals surface area contributed by atoms with Gasteiger partial charge in [0.25, 0.3) is 0 Å². The molecule has 3 aromatic carbocycles. The minimum atomic E-state index is -3.58. The number of rotatable bonds is 7. The van der Waals surface area contributed by atoms with Gasteiger partial charge < -0.3 is 0 Å². The van der Waals surface area contributed by atoms with E-state index in [-0.39, 0.29) is 0 Å². The summed E-state index contributed by atoms with van der Waals surface area (Å²) in [7, 11) is -3.58. The Hall–Kier alpha value is -3.30. The summed E-state index contributed by atoms with van der Waals surface area (Å²) in [5.74, 6) is 2.13. The van der Waals surface area contributed by atoms with Gasteiger partial charge >= 0.3 is 177 Å².